The van der Waals surface area contributed by atoms with Gasteiger partial charge in [-0.3, -0.25) is 9.59 Å². The molecule has 0 saturated heterocycles. The Hall–Kier alpha value is -3.49. The third kappa shape index (κ3) is 5.78. The van der Waals surface area contributed by atoms with Crippen molar-refractivity contribution in [2.45, 2.75) is 17.7 Å². The highest BCUT2D eigenvalue weighted by atomic mass is 35.5. The molecule has 1 saturated carbocycles. The lowest BCUT2D eigenvalue weighted by Crippen LogP contribution is -2.33. The Morgan fingerprint density at radius 1 is 0.943 bits per heavy atom. The van der Waals surface area contributed by atoms with Crippen LogP contribution in [0.1, 0.15) is 12.8 Å². The number of hydrogen-bond donors (Lipinski definition) is 2. The summed E-state index contributed by atoms with van der Waals surface area (Å²) in [4.78, 5) is 30.4. The van der Waals surface area contributed by atoms with Crippen molar-refractivity contribution in [3.63, 3.8) is 0 Å². The number of carbonyl (C=O) groups is 2. The second-order valence-corrected chi connectivity index (χ2v) is 11.0. The first kappa shape index (κ1) is 24.6. The largest absolute Gasteiger partial charge is 0.326 e. The van der Waals surface area contributed by atoms with Crippen LogP contribution in [0.2, 0.25) is 5.02 Å². The number of nitrogens with one attached hydrogen (secondary N) is 2. The fraction of sp³-hybridized carbons (Fsp3) is 0.192. The van der Waals surface area contributed by atoms with Crippen LogP contribution in [0.25, 0.3) is 11.1 Å². The van der Waals surface area contributed by atoms with Gasteiger partial charge in [-0.05, 0) is 55.3 Å². The normalized spacial score (nSPS) is 17.7. The molecule has 0 bridgehead atoms. The molecule has 35 heavy (non-hydrogen) atoms. The van der Waals surface area contributed by atoms with Gasteiger partial charge >= 0.3 is 0 Å². The number of pyridine rings is 1. The van der Waals surface area contributed by atoms with E-state index in [9.17, 15) is 18.0 Å². The molecule has 2 atom stereocenters. The summed E-state index contributed by atoms with van der Waals surface area (Å²) in [6.07, 6.45) is 3.50. The third-order valence-corrected chi connectivity index (χ3v) is 7.31. The molecular weight excluding hydrogens is 486 g/mol. The van der Waals surface area contributed by atoms with Gasteiger partial charge in [0.2, 0.25) is 11.8 Å². The first-order chi connectivity index (χ1) is 16.6. The van der Waals surface area contributed by atoms with Crippen LogP contribution in [0, 0.1) is 11.8 Å². The number of carbonyl (C=O) groups excluding carboxylic acids is 2. The maximum absolute atomic E-state index is 13.0. The van der Waals surface area contributed by atoms with Crippen molar-refractivity contribution in [3.8, 4) is 11.1 Å². The molecular formula is C26H24ClN3O4S. The summed E-state index contributed by atoms with van der Waals surface area (Å²) >= 11 is 5.90. The molecule has 2 amide bonds. The lowest BCUT2D eigenvalue weighted by Gasteiger charge is -2.18. The Kier molecular flexibility index (Phi) is 7.05. The lowest BCUT2D eigenvalue weighted by molar-refractivity contribution is -0.128. The average Bonchev–Trinajstić information content (AvgIpc) is 3.22. The van der Waals surface area contributed by atoms with Gasteiger partial charge in [-0.25, -0.2) is 13.4 Å². The molecule has 4 rings (SSSR count). The minimum absolute atomic E-state index is 0.206. The molecule has 180 valence electrons. The van der Waals surface area contributed by atoms with E-state index in [1.54, 1.807) is 60.7 Å². The van der Waals surface area contributed by atoms with Crippen molar-refractivity contribution in [3.05, 3.63) is 84.0 Å². The maximum Gasteiger partial charge on any atom is 0.229 e. The molecule has 1 heterocycles. The topological polar surface area (TPSA) is 105 Å². The quantitative estimate of drug-likeness (QED) is 0.457. The first-order valence-electron chi connectivity index (χ1n) is 10.9. The second-order valence-electron chi connectivity index (χ2n) is 8.56. The van der Waals surface area contributed by atoms with Crippen LogP contribution >= 0.6 is 11.6 Å². The highest BCUT2D eigenvalue weighted by Gasteiger charge is 2.39. The van der Waals surface area contributed by atoms with Crippen molar-refractivity contribution < 1.29 is 18.0 Å². The average molecular weight is 510 g/mol. The van der Waals surface area contributed by atoms with Gasteiger partial charge in [0.05, 0.1) is 16.7 Å². The SMILES string of the molecule is C=C1C[C@H](C(=O)Nc2ccc(Cl)cc2)[C@@H](C(=O)Nc2ccc(-c3ccccc3S(C)(=O)=O)cn2)C1. The van der Waals surface area contributed by atoms with Gasteiger partial charge in [-0.1, -0.05) is 42.0 Å². The molecule has 1 aromatic heterocycles. The van der Waals surface area contributed by atoms with Gasteiger partial charge in [-0.15, -0.1) is 0 Å². The summed E-state index contributed by atoms with van der Waals surface area (Å²) < 4.78 is 24.2. The fourth-order valence-electron chi connectivity index (χ4n) is 4.18. The zero-order valence-electron chi connectivity index (χ0n) is 19.0. The monoisotopic (exact) mass is 509 g/mol. The predicted molar refractivity (Wildman–Crippen MR) is 137 cm³/mol. The fourth-order valence-corrected chi connectivity index (χ4v) is 5.22. The Morgan fingerprint density at radius 3 is 2.17 bits per heavy atom. The van der Waals surface area contributed by atoms with Crippen LogP contribution in [-0.2, 0) is 19.4 Å². The van der Waals surface area contributed by atoms with E-state index in [0.29, 0.717) is 40.5 Å². The molecule has 2 aromatic carbocycles. The maximum atomic E-state index is 13.0. The van der Waals surface area contributed by atoms with E-state index >= 15 is 0 Å². The summed E-state index contributed by atoms with van der Waals surface area (Å²) in [7, 11) is -3.42. The van der Waals surface area contributed by atoms with Gasteiger partial charge in [0.1, 0.15) is 5.82 Å². The van der Waals surface area contributed by atoms with Gasteiger partial charge < -0.3 is 10.6 Å². The molecule has 0 unspecified atom stereocenters. The molecule has 1 fully saturated rings. The zero-order valence-corrected chi connectivity index (χ0v) is 20.6. The number of nitrogens with zero attached hydrogens (tertiary/aromatic N) is 1. The molecule has 1 aliphatic rings. The number of allylic oxidation sites excluding steroid dienone is 1. The van der Waals surface area contributed by atoms with E-state index < -0.39 is 21.7 Å². The van der Waals surface area contributed by atoms with Gasteiger partial charge in [0, 0.05) is 34.3 Å². The summed E-state index contributed by atoms with van der Waals surface area (Å²) in [5.41, 5.74) is 2.58. The highest BCUT2D eigenvalue weighted by Crippen LogP contribution is 2.37. The number of halogens is 1. The van der Waals surface area contributed by atoms with Gasteiger partial charge in [-0.2, -0.15) is 0 Å². The Bertz CT molecular complexity index is 1390. The molecule has 9 heteroatoms. The predicted octanol–water partition coefficient (Wildman–Crippen LogP) is 4.97. The zero-order chi connectivity index (χ0) is 25.2. The second kappa shape index (κ2) is 10.0. The number of anilines is 2. The van der Waals surface area contributed by atoms with Crippen LogP contribution < -0.4 is 10.6 Å². The van der Waals surface area contributed by atoms with Crippen LogP contribution in [-0.4, -0.2) is 31.5 Å². The van der Waals surface area contributed by atoms with Crippen LogP contribution in [0.15, 0.2) is 83.9 Å². The number of aromatic nitrogens is 1. The molecule has 1 aliphatic carbocycles. The van der Waals surface area contributed by atoms with Crippen LogP contribution in [0.4, 0.5) is 11.5 Å². The number of rotatable bonds is 6. The number of hydrogen-bond acceptors (Lipinski definition) is 5. The molecule has 0 radical (unpaired) electrons. The molecule has 3 aromatic rings. The first-order valence-corrected chi connectivity index (χ1v) is 13.2. The lowest BCUT2D eigenvalue weighted by atomic mass is 9.94. The van der Waals surface area contributed by atoms with E-state index in [1.807, 2.05) is 0 Å². The van der Waals surface area contributed by atoms with Crippen molar-refractivity contribution in [2.75, 3.05) is 16.9 Å². The van der Waals surface area contributed by atoms with Crippen LogP contribution in [0.3, 0.4) is 0 Å². The summed E-state index contributed by atoms with van der Waals surface area (Å²) in [6, 6.07) is 16.7. The Morgan fingerprint density at radius 2 is 1.57 bits per heavy atom. The van der Waals surface area contributed by atoms with E-state index in [4.69, 9.17) is 11.6 Å². The van der Waals surface area contributed by atoms with Crippen LogP contribution in [0.5, 0.6) is 0 Å². The van der Waals surface area contributed by atoms with E-state index in [-0.39, 0.29) is 16.7 Å². The molecule has 0 aliphatic heterocycles. The Labute approximate surface area is 209 Å². The molecule has 7 nitrogen and oxygen atoms in total. The minimum atomic E-state index is -3.42. The standard InChI is InChI=1S/C26H24ClN3O4S/c1-16-13-21(25(31)29-19-10-8-18(27)9-11-19)22(14-16)26(32)30-24-12-7-17(15-28-24)20-5-3-4-6-23(20)35(2,33)34/h3-12,15,21-22H,1,13-14H2,2H3,(H,29,31)(H,28,30,32)/t21-,22-/m0/s1. The van der Waals surface area contributed by atoms with Gasteiger partial charge in [0.25, 0.3) is 0 Å². The van der Waals surface area contributed by atoms with Gasteiger partial charge in [0.15, 0.2) is 9.84 Å². The smallest absolute Gasteiger partial charge is 0.229 e. The van der Waals surface area contributed by atoms with E-state index in [1.165, 1.54) is 6.20 Å². The van der Waals surface area contributed by atoms with Crippen molar-refractivity contribution in [2.24, 2.45) is 11.8 Å². The van der Waals surface area contributed by atoms with E-state index in [2.05, 4.69) is 22.2 Å². The third-order valence-electron chi connectivity index (χ3n) is 5.90. The number of sulfone groups is 1. The van der Waals surface area contributed by atoms with Crippen molar-refractivity contribution in [1.29, 1.82) is 0 Å². The van der Waals surface area contributed by atoms with Crippen molar-refractivity contribution >= 4 is 44.8 Å². The minimum Gasteiger partial charge on any atom is -0.326 e. The molecule has 2 N–H and O–H groups in total. The summed E-state index contributed by atoms with van der Waals surface area (Å²) in [5, 5.41) is 6.18. The van der Waals surface area contributed by atoms with Crippen molar-refractivity contribution in [1.82, 2.24) is 4.98 Å². The number of amides is 2. The summed E-state index contributed by atoms with van der Waals surface area (Å²) in [6.45, 7) is 3.98. The summed E-state index contributed by atoms with van der Waals surface area (Å²) in [5.74, 6) is -1.41. The highest BCUT2D eigenvalue weighted by molar-refractivity contribution is 7.90. The Balaban J connectivity index is 1.47. The number of benzene rings is 2. The van der Waals surface area contributed by atoms with E-state index in [0.717, 1.165) is 11.8 Å². The molecule has 0 spiro atoms.